The van der Waals surface area contributed by atoms with Gasteiger partial charge in [0, 0.05) is 7.11 Å². The lowest BCUT2D eigenvalue weighted by atomic mass is 10.2. The third-order valence-corrected chi connectivity index (χ3v) is 1.46. The first-order chi connectivity index (χ1) is 4.88. The minimum Gasteiger partial charge on any atom is -0.411 e. The van der Waals surface area contributed by atoms with E-state index >= 15 is 0 Å². The van der Waals surface area contributed by atoms with E-state index in [0.717, 1.165) is 12.8 Å². The van der Waals surface area contributed by atoms with E-state index in [9.17, 15) is 0 Å². The highest BCUT2D eigenvalue weighted by atomic mass is 16.7. The number of ether oxygens (including phenoxy) is 2. The highest BCUT2D eigenvalue weighted by Gasteiger charge is 2.20. The monoisotopic (exact) mass is 145 g/mol. The van der Waals surface area contributed by atoms with E-state index in [1.54, 1.807) is 0 Å². The fourth-order valence-electron chi connectivity index (χ4n) is 0.959. The van der Waals surface area contributed by atoms with Gasteiger partial charge < -0.3 is 14.7 Å². The summed E-state index contributed by atoms with van der Waals surface area (Å²) >= 11 is 0. The number of hydrogen-bond donors (Lipinski definition) is 1. The van der Waals surface area contributed by atoms with Gasteiger partial charge in [0.1, 0.15) is 5.71 Å². The minimum atomic E-state index is -0.432. The lowest BCUT2D eigenvalue weighted by Crippen LogP contribution is -2.31. The van der Waals surface area contributed by atoms with Crippen LogP contribution in [0.5, 0.6) is 0 Å². The molecule has 0 spiro atoms. The predicted octanol–water partition coefficient (Wildman–Crippen LogP) is 0.599. The Morgan fingerprint density at radius 1 is 1.80 bits per heavy atom. The van der Waals surface area contributed by atoms with Crippen molar-refractivity contribution in [3.05, 3.63) is 0 Å². The normalized spacial score (nSPS) is 30.9. The van der Waals surface area contributed by atoms with Crippen molar-refractivity contribution in [3.63, 3.8) is 0 Å². The maximum absolute atomic E-state index is 8.42. The molecule has 4 nitrogen and oxygen atoms in total. The summed E-state index contributed by atoms with van der Waals surface area (Å²) in [6.45, 7) is 0.678. The van der Waals surface area contributed by atoms with Crippen LogP contribution in [0, 0.1) is 0 Å². The van der Waals surface area contributed by atoms with Crippen LogP contribution in [0.4, 0.5) is 0 Å². The van der Waals surface area contributed by atoms with Gasteiger partial charge in [0.25, 0.3) is 0 Å². The van der Waals surface area contributed by atoms with Crippen LogP contribution in [-0.4, -0.2) is 30.9 Å². The van der Waals surface area contributed by atoms with E-state index in [1.807, 2.05) is 0 Å². The molecule has 1 saturated heterocycles. The van der Waals surface area contributed by atoms with Crippen LogP contribution in [0.1, 0.15) is 12.8 Å². The molecule has 0 aliphatic carbocycles. The molecular formula is C6H11NO3. The van der Waals surface area contributed by atoms with E-state index in [-0.39, 0.29) is 0 Å². The van der Waals surface area contributed by atoms with Gasteiger partial charge >= 0.3 is 0 Å². The summed E-state index contributed by atoms with van der Waals surface area (Å²) in [6.07, 6.45) is 1.23. The Bertz CT molecular complexity index is 135. The van der Waals surface area contributed by atoms with Crippen molar-refractivity contribution in [1.82, 2.24) is 0 Å². The van der Waals surface area contributed by atoms with E-state index < -0.39 is 6.29 Å². The third kappa shape index (κ3) is 1.46. The number of methoxy groups -OCH3 is 1. The van der Waals surface area contributed by atoms with Gasteiger partial charge in [0.2, 0.25) is 0 Å². The molecule has 1 heterocycles. The molecule has 0 aromatic carbocycles. The molecule has 0 amide bonds. The number of nitrogens with zero attached hydrogens (tertiary/aromatic N) is 1. The summed E-state index contributed by atoms with van der Waals surface area (Å²) in [5, 5.41) is 11.5. The molecule has 0 radical (unpaired) electrons. The molecule has 1 fully saturated rings. The van der Waals surface area contributed by atoms with Crippen molar-refractivity contribution in [2.45, 2.75) is 19.1 Å². The van der Waals surface area contributed by atoms with Crippen molar-refractivity contribution >= 4 is 5.71 Å². The van der Waals surface area contributed by atoms with Crippen LogP contribution in [0.3, 0.4) is 0 Å². The lowest BCUT2D eigenvalue weighted by molar-refractivity contribution is -0.0884. The number of rotatable bonds is 1. The van der Waals surface area contributed by atoms with Gasteiger partial charge in [-0.15, -0.1) is 0 Å². The number of hydrogen-bond acceptors (Lipinski definition) is 4. The largest absolute Gasteiger partial charge is 0.411 e. The molecule has 1 atom stereocenters. The Kier molecular flexibility index (Phi) is 2.65. The zero-order valence-corrected chi connectivity index (χ0v) is 5.91. The SMILES string of the molecule is COC1OCCCC1=NO. The number of oxime groups is 1. The van der Waals surface area contributed by atoms with Crippen molar-refractivity contribution in [3.8, 4) is 0 Å². The van der Waals surface area contributed by atoms with Crippen molar-refractivity contribution in [2.24, 2.45) is 5.16 Å². The summed E-state index contributed by atoms with van der Waals surface area (Å²) in [6, 6.07) is 0. The summed E-state index contributed by atoms with van der Waals surface area (Å²) in [4.78, 5) is 0. The quantitative estimate of drug-likeness (QED) is 0.434. The Labute approximate surface area is 59.4 Å². The standard InChI is InChI=1S/C6H11NO3/c1-9-6-5(7-8)3-2-4-10-6/h6,8H,2-4H2,1H3. The van der Waals surface area contributed by atoms with Gasteiger partial charge in [0.05, 0.1) is 6.61 Å². The van der Waals surface area contributed by atoms with Gasteiger partial charge in [-0.2, -0.15) is 0 Å². The first kappa shape index (κ1) is 7.50. The molecule has 58 valence electrons. The van der Waals surface area contributed by atoms with Gasteiger partial charge in [-0.1, -0.05) is 5.16 Å². The Balaban J connectivity index is 2.50. The first-order valence-electron chi connectivity index (χ1n) is 3.23. The smallest absolute Gasteiger partial charge is 0.200 e. The molecule has 0 bridgehead atoms. The second kappa shape index (κ2) is 3.53. The molecule has 0 aromatic heterocycles. The van der Waals surface area contributed by atoms with Crippen LogP contribution in [0.2, 0.25) is 0 Å². The molecule has 0 saturated carbocycles. The zero-order valence-electron chi connectivity index (χ0n) is 5.91. The first-order valence-corrected chi connectivity index (χ1v) is 3.23. The molecule has 4 heteroatoms. The van der Waals surface area contributed by atoms with Crippen molar-refractivity contribution in [2.75, 3.05) is 13.7 Å². The molecule has 0 aromatic rings. The molecule has 1 unspecified atom stereocenters. The topological polar surface area (TPSA) is 51.0 Å². The summed E-state index contributed by atoms with van der Waals surface area (Å²) < 4.78 is 10.00. The minimum absolute atomic E-state index is 0.432. The lowest BCUT2D eigenvalue weighted by Gasteiger charge is -2.21. The average molecular weight is 145 g/mol. The van der Waals surface area contributed by atoms with E-state index in [4.69, 9.17) is 14.7 Å². The summed E-state index contributed by atoms with van der Waals surface area (Å²) in [5.74, 6) is 0. The predicted molar refractivity (Wildman–Crippen MR) is 35.2 cm³/mol. The molecule has 1 aliphatic rings. The van der Waals surface area contributed by atoms with Gasteiger partial charge in [0.15, 0.2) is 6.29 Å². The van der Waals surface area contributed by atoms with Crippen LogP contribution < -0.4 is 0 Å². The van der Waals surface area contributed by atoms with Gasteiger partial charge in [-0.25, -0.2) is 0 Å². The molecule has 1 aliphatic heterocycles. The van der Waals surface area contributed by atoms with Crippen molar-refractivity contribution < 1.29 is 14.7 Å². The van der Waals surface area contributed by atoms with Crippen LogP contribution >= 0.6 is 0 Å². The van der Waals surface area contributed by atoms with E-state index in [1.165, 1.54) is 7.11 Å². The van der Waals surface area contributed by atoms with Crippen LogP contribution in [0.25, 0.3) is 0 Å². The van der Waals surface area contributed by atoms with Gasteiger partial charge in [-0.3, -0.25) is 0 Å². The van der Waals surface area contributed by atoms with E-state index in [2.05, 4.69) is 5.16 Å². The van der Waals surface area contributed by atoms with E-state index in [0.29, 0.717) is 12.3 Å². The second-order valence-electron chi connectivity index (χ2n) is 2.13. The Hall–Kier alpha value is -0.610. The van der Waals surface area contributed by atoms with Crippen molar-refractivity contribution in [1.29, 1.82) is 0 Å². The highest BCUT2D eigenvalue weighted by molar-refractivity contribution is 5.87. The van der Waals surface area contributed by atoms with Gasteiger partial charge in [-0.05, 0) is 12.8 Å². The third-order valence-electron chi connectivity index (χ3n) is 1.46. The Morgan fingerprint density at radius 3 is 3.10 bits per heavy atom. The zero-order chi connectivity index (χ0) is 7.40. The molecule has 1 rings (SSSR count). The Morgan fingerprint density at radius 2 is 2.60 bits per heavy atom. The molecule has 1 N–H and O–H groups in total. The fourth-order valence-corrected chi connectivity index (χ4v) is 0.959. The maximum Gasteiger partial charge on any atom is 0.200 e. The average Bonchev–Trinajstić information content (AvgIpc) is 2.04. The summed E-state index contributed by atoms with van der Waals surface area (Å²) in [5.41, 5.74) is 0.578. The second-order valence-corrected chi connectivity index (χ2v) is 2.13. The fraction of sp³-hybridized carbons (Fsp3) is 0.833. The molecular weight excluding hydrogens is 134 g/mol. The van der Waals surface area contributed by atoms with Crippen LogP contribution in [-0.2, 0) is 9.47 Å². The van der Waals surface area contributed by atoms with Crippen LogP contribution in [0.15, 0.2) is 5.16 Å². The summed E-state index contributed by atoms with van der Waals surface area (Å²) in [7, 11) is 1.53. The maximum atomic E-state index is 8.42. The highest BCUT2D eigenvalue weighted by Crippen LogP contribution is 2.10. The molecule has 10 heavy (non-hydrogen) atoms.